The Morgan fingerprint density at radius 2 is 2.47 bits per heavy atom. The number of oxime groups is 1. The third-order valence-corrected chi connectivity index (χ3v) is 3.65. The summed E-state index contributed by atoms with van der Waals surface area (Å²) >= 11 is 0. The Balaban J connectivity index is 1.66. The molecule has 0 radical (unpaired) electrons. The maximum Gasteiger partial charge on any atom is 0.269 e. The largest absolute Gasteiger partial charge is 0.382 e. The standard InChI is InChI=1S/C13H18N4O2/c1-2-9-7-10(19-16-9)13(18)15-12-8-14-11-5-3-4-6-17(11)12/h8,10H,2-7H2,1H3,(H,15,18)/t10-/m0/s1. The van der Waals surface area contributed by atoms with Crippen molar-refractivity contribution in [3.63, 3.8) is 0 Å². The summed E-state index contributed by atoms with van der Waals surface area (Å²) in [5.74, 6) is 1.69. The summed E-state index contributed by atoms with van der Waals surface area (Å²) < 4.78 is 2.08. The van der Waals surface area contributed by atoms with Crippen LogP contribution in [0.15, 0.2) is 11.4 Å². The van der Waals surface area contributed by atoms with Crippen molar-refractivity contribution < 1.29 is 9.63 Å². The minimum absolute atomic E-state index is 0.138. The molecule has 2 aliphatic heterocycles. The van der Waals surface area contributed by atoms with Crippen molar-refractivity contribution in [3.05, 3.63) is 12.0 Å². The van der Waals surface area contributed by atoms with Crippen molar-refractivity contribution in [2.75, 3.05) is 5.32 Å². The zero-order valence-electron chi connectivity index (χ0n) is 11.1. The van der Waals surface area contributed by atoms with Crippen molar-refractivity contribution in [3.8, 4) is 0 Å². The molecule has 1 aromatic rings. The van der Waals surface area contributed by atoms with E-state index in [1.54, 1.807) is 6.20 Å². The molecule has 0 saturated heterocycles. The minimum atomic E-state index is -0.496. The first-order valence-electron chi connectivity index (χ1n) is 6.84. The van der Waals surface area contributed by atoms with Crippen LogP contribution in [-0.4, -0.2) is 27.3 Å². The lowest BCUT2D eigenvalue weighted by Crippen LogP contribution is -2.29. The van der Waals surface area contributed by atoms with E-state index in [0.29, 0.717) is 6.42 Å². The monoisotopic (exact) mass is 262 g/mol. The number of nitrogens with one attached hydrogen (secondary N) is 1. The predicted octanol–water partition coefficient (Wildman–Crippen LogP) is 1.71. The Kier molecular flexibility index (Phi) is 3.23. The second-order valence-corrected chi connectivity index (χ2v) is 4.97. The lowest BCUT2D eigenvalue weighted by atomic mass is 10.1. The summed E-state index contributed by atoms with van der Waals surface area (Å²) in [6, 6.07) is 0. The lowest BCUT2D eigenvalue weighted by molar-refractivity contribution is -0.125. The molecule has 0 saturated carbocycles. The summed E-state index contributed by atoms with van der Waals surface area (Å²) in [4.78, 5) is 21.6. The molecule has 0 unspecified atom stereocenters. The number of nitrogens with zero attached hydrogens (tertiary/aromatic N) is 3. The highest BCUT2D eigenvalue weighted by molar-refractivity contribution is 5.98. The van der Waals surface area contributed by atoms with Crippen LogP contribution in [0.1, 0.15) is 38.4 Å². The molecule has 6 nitrogen and oxygen atoms in total. The molecular weight excluding hydrogens is 244 g/mol. The number of hydrogen-bond donors (Lipinski definition) is 1. The van der Waals surface area contributed by atoms with Crippen LogP contribution < -0.4 is 5.32 Å². The number of fused-ring (bicyclic) bond motifs is 1. The van der Waals surface area contributed by atoms with Crippen LogP contribution in [0.4, 0.5) is 5.82 Å². The number of anilines is 1. The van der Waals surface area contributed by atoms with Gasteiger partial charge in [0.1, 0.15) is 11.6 Å². The summed E-state index contributed by atoms with van der Waals surface area (Å²) in [7, 11) is 0. The maximum atomic E-state index is 12.1. The Morgan fingerprint density at radius 3 is 3.26 bits per heavy atom. The minimum Gasteiger partial charge on any atom is -0.382 e. The first-order chi connectivity index (χ1) is 9.28. The Morgan fingerprint density at radius 1 is 1.58 bits per heavy atom. The van der Waals surface area contributed by atoms with E-state index in [-0.39, 0.29) is 5.91 Å². The van der Waals surface area contributed by atoms with Crippen LogP contribution in [0.25, 0.3) is 0 Å². The third-order valence-electron chi connectivity index (χ3n) is 3.65. The molecule has 2 aliphatic rings. The number of hydrogen-bond acceptors (Lipinski definition) is 4. The molecule has 1 N–H and O–H groups in total. The van der Waals surface area contributed by atoms with Gasteiger partial charge in [0.05, 0.1) is 11.9 Å². The van der Waals surface area contributed by atoms with Crippen LogP contribution in [0, 0.1) is 0 Å². The molecule has 3 heterocycles. The first kappa shape index (κ1) is 12.2. The van der Waals surface area contributed by atoms with Crippen LogP contribution >= 0.6 is 0 Å². The molecular formula is C13H18N4O2. The van der Waals surface area contributed by atoms with Crippen LogP contribution in [0.3, 0.4) is 0 Å². The van der Waals surface area contributed by atoms with Gasteiger partial charge in [-0.05, 0) is 19.3 Å². The second kappa shape index (κ2) is 5.03. The average Bonchev–Trinajstić information content (AvgIpc) is 3.06. The topological polar surface area (TPSA) is 68.5 Å². The van der Waals surface area contributed by atoms with E-state index in [4.69, 9.17) is 4.84 Å². The highest BCUT2D eigenvalue weighted by atomic mass is 16.6. The SMILES string of the molecule is CCC1=NO[C@H](C(=O)Nc2cnc3n2CCCC3)C1. The molecule has 19 heavy (non-hydrogen) atoms. The fraction of sp³-hybridized carbons (Fsp3) is 0.615. The van der Waals surface area contributed by atoms with Gasteiger partial charge in [0, 0.05) is 19.4 Å². The van der Waals surface area contributed by atoms with Crippen LogP contribution in [0.5, 0.6) is 0 Å². The van der Waals surface area contributed by atoms with E-state index in [1.807, 2.05) is 6.92 Å². The van der Waals surface area contributed by atoms with Gasteiger partial charge in [-0.25, -0.2) is 4.98 Å². The number of aromatic nitrogens is 2. The van der Waals surface area contributed by atoms with E-state index < -0.39 is 6.10 Å². The zero-order chi connectivity index (χ0) is 13.2. The van der Waals surface area contributed by atoms with Gasteiger partial charge in [-0.15, -0.1) is 0 Å². The summed E-state index contributed by atoms with van der Waals surface area (Å²) in [5.41, 5.74) is 0.940. The first-order valence-corrected chi connectivity index (χ1v) is 6.84. The van der Waals surface area contributed by atoms with Gasteiger partial charge in [0.15, 0.2) is 0 Å². The third kappa shape index (κ3) is 2.34. The number of imidazole rings is 1. The van der Waals surface area contributed by atoms with E-state index in [1.165, 1.54) is 6.42 Å². The predicted molar refractivity (Wildman–Crippen MR) is 71.0 cm³/mol. The number of carbonyl (C=O) groups excluding carboxylic acids is 1. The smallest absolute Gasteiger partial charge is 0.269 e. The number of aryl methyl sites for hydroxylation is 1. The van der Waals surface area contributed by atoms with E-state index in [9.17, 15) is 4.79 Å². The quantitative estimate of drug-likeness (QED) is 0.901. The van der Waals surface area contributed by atoms with E-state index in [0.717, 1.165) is 43.2 Å². The summed E-state index contributed by atoms with van der Waals surface area (Å²) in [5, 5.41) is 6.81. The Labute approximate surface area is 111 Å². The highest BCUT2D eigenvalue weighted by Gasteiger charge is 2.28. The van der Waals surface area contributed by atoms with Gasteiger partial charge in [0.25, 0.3) is 5.91 Å². The molecule has 102 valence electrons. The molecule has 1 amide bonds. The van der Waals surface area contributed by atoms with Crippen LogP contribution in [0.2, 0.25) is 0 Å². The average molecular weight is 262 g/mol. The molecule has 0 fully saturated rings. The number of amides is 1. The van der Waals surface area contributed by atoms with E-state index in [2.05, 4.69) is 20.0 Å². The van der Waals surface area contributed by atoms with Crippen molar-refractivity contribution in [1.29, 1.82) is 0 Å². The van der Waals surface area contributed by atoms with Gasteiger partial charge in [-0.2, -0.15) is 0 Å². The van der Waals surface area contributed by atoms with Crippen molar-refractivity contribution in [2.24, 2.45) is 5.16 Å². The zero-order valence-corrected chi connectivity index (χ0v) is 11.1. The van der Waals surface area contributed by atoms with Crippen LogP contribution in [-0.2, 0) is 22.6 Å². The molecule has 0 spiro atoms. The van der Waals surface area contributed by atoms with Crippen molar-refractivity contribution >= 4 is 17.4 Å². The molecule has 1 atom stereocenters. The fourth-order valence-corrected chi connectivity index (χ4v) is 2.50. The maximum absolute atomic E-state index is 12.1. The molecule has 1 aromatic heterocycles. The molecule has 6 heteroatoms. The Bertz CT molecular complexity index is 521. The molecule has 3 rings (SSSR count). The summed E-state index contributed by atoms with van der Waals surface area (Å²) in [6.07, 6.45) is 5.94. The van der Waals surface area contributed by atoms with Gasteiger partial charge in [0.2, 0.25) is 6.10 Å². The normalized spacial score (nSPS) is 21.5. The van der Waals surface area contributed by atoms with Gasteiger partial charge in [-0.3, -0.25) is 4.79 Å². The number of rotatable bonds is 3. The van der Waals surface area contributed by atoms with Gasteiger partial charge < -0.3 is 14.7 Å². The van der Waals surface area contributed by atoms with Crippen molar-refractivity contribution in [2.45, 2.75) is 51.7 Å². The van der Waals surface area contributed by atoms with Gasteiger partial charge in [-0.1, -0.05) is 12.1 Å². The Hall–Kier alpha value is -1.85. The highest BCUT2D eigenvalue weighted by Crippen LogP contribution is 2.21. The van der Waals surface area contributed by atoms with E-state index >= 15 is 0 Å². The summed E-state index contributed by atoms with van der Waals surface area (Å²) in [6.45, 7) is 2.93. The second-order valence-electron chi connectivity index (χ2n) is 4.97. The lowest BCUT2D eigenvalue weighted by Gasteiger charge is -2.17. The molecule has 0 bridgehead atoms. The number of carbonyl (C=O) groups is 1. The molecule has 0 aromatic carbocycles. The van der Waals surface area contributed by atoms with Crippen molar-refractivity contribution in [1.82, 2.24) is 9.55 Å². The molecule has 0 aliphatic carbocycles. The fourth-order valence-electron chi connectivity index (χ4n) is 2.50. The van der Waals surface area contributed by atoms with Gasteiger partial charge >= 0.3 is 0 Å².